The van der Waals surface area contributed by atoms with Crippen LogP contribution in [0.3, 0.4) is 0 Å². The second-order valence-electron chi connectivity index (χ2n) is 5.78. The number of hydrogen-bond acceptors (Lipinski definition) is 7. The Balaban J connectivity index is 2.37. The molecule has 1 aromatic carbocycles. The molecule has 138 valence electrons. The maximum absolute atomic E-state index is 12.6. The van der Waals surface area contributed by atoms with Gasteiger partial charge in [0.05, 0.1) is 18.1 Å². The van der Waals surface area contributed by atoms with E-state index in [-0.39, 0.29) is 35.0 Å². The van der Waals surface area contributed by atoms with E-state index in [9.17, 15) is 14.9 Å². The molecule has 1 aliphatic heterocycles. The highest BCUT2D eigenvalue weighted by atomic mass is 35.5. The standard InChI is InChI=1S/C19H15ClN2O5/c1-3-25-19(24)16-9(2)26-18(22)13(8-21)17(16)12-7-15(23)27-14-5-4-10(20)6-11(12)14/h4-7,17H,3,22H2,1-2H3. The minimum Gasteiger partial charge on any atom is -0.463 e. The van der Waals surface area contributed by atoms with E-state index in [1.807, 2.05) is 6.07 Å². The minimum absolute atomic E-state index is 0.00414. The highest BCUT2D eigenvalue weighted by Crippen LogP contribution is 2.41. The number of ether oxygens (including phenoxy) is 2. The van der Waals surface area contributed by atoms with Gasteiger partial charge in [-0.15, -0.1) is 0 Å². The molecule has 0 radical (unpaired) electrons. The maximum Gasteiger partial charge on any atom is 0.338 e. The smallest absolute Gasteiger partial charge is 0.338 e. The predicted octanol–water partition coefficient (Wildman–Crippen LogP) is 3.09. The number of nitriles is 1. The average molecular weight is 387 g/mol. The molecule has 2 N–H and O–H groups in total. The molecular weight excluding hydrogens is 372 g/mol. The van der Waals surface area contributed by atoms with Gasteiger partial charge in [-0.05, 0) is 37.6 Å². The van der Waals surface area contributed by atoms with E-state index >= 15 is 0 Å². The summed E-state index contributed by atoms with van der Waals surface area (Å²) in [5, 5.41) is 10.5. The van der Waals surface area contributed by atoms with Gasteiger partial charge in [0.1, 0.15) is 23.0 Å². The van der Waals surface area contributed by atoms with Crippen molar-refractivity contribution in [3.05, 3.63) is 68.1 Å². The molecule has 0 amide bonds. The number of fused-ring (bicyclic) bond motifs is 1. The van der Waals surface area contributed by atoms with Crippen molar-refractivity contribution in [1.29, 1.82) is 5.26 Å². The van der Waals surface area contributed by atoms with E-state index in [2.05, 4.69) is 0 Å². The van der Waals surface area contributed by atoms with Crippen molar-refractivity contribution in [3.8, 4) is 6.07 Å². The fraction of sp³-hybridized carbons (Fsp3) is 0.211. The van der Waals surface area contributed by atoms with E-state index in [1.165, 1.54) is 6.07 Å². The van der Waals surface area contributed by atoms with E-state index in [0.717, 1.165) is 0 Å². The lowest BCUT2D eigenvalue weighted by atomic mass is 9.82. The summed E-state index contributed by atoms with van der Waals surface area (Å²) in [4.78, 5) is 24.7. The van der Waals surface area contributed by atoms with Crippen LogP contribution in [-0.4, -0.2) is 12.6 Å². The predicted molar refractivity (Wildman–Crippen MR) is 97.5 cm³/mol. The van der Waals surface area contributed by atoms with Gasteiger partial charge in [0.25, 0.3) is 0 Å². The largest absolute Gasteiger partial charge is 0.463 e. The van der Waals surface area contributed by atoms with Crippen molar-refractivity contribution in [2.24, 2.45) is 5.73 Å². The van der Waals surface area contributed by atoms with Crippen LogP contribution in [0.25, 0.3) is 11.0 Å². The zero-order valence-electron chi connectivity index (χ0n) is 14.5. The summed E-state index contributed by atoms with van der Waals surface area (Å²) in [5.74, 6) is -1.56. The van der Waals surface area contributed by atoms with Crippen LogP contribution in [0.4, 0.5) is 0 Å². The average Bonchev–Trinajstić information content (AvgIpc) is 2.61. The molecular formula is C19H15ClN2O5. The Labute approximate surface area is 159 Å². The van der Waals surface area contributed by atoms with Gasteiger partial charge >= 0.3 is 11.6 Å². The number of halogens is 1. The molecule has 2 aromatic rings. The number of esters is 1. The molecule has 0 saturated heterocycles. The molecule has 2 heterocycles. The van der Waals surface area contributed by atoms with E-state index < -0.39 is 17.5 Å². The molecule has 1 aliphatic rings. The Bertz CT molecular complexity index is 1110. The van der Waals surface area contributed by atoms with Crippen LogP contribution >= 0.6 is 11.6 Å². The lowest BCUT2D eigenvalue weighted by Gasteiger charge is -2.27. The summed E-state index contributed by atoms with van der Waals surface area (Å²) in [6.07, 6.45) is 0. The fourth-order valence-electron chi connectivity index (χ4n) is 3.06. The van der Waals surface area contributed by atoms with Crippen LogP contribution in [0.5, 0.6) is 0 Å². The van der Waals surface area contributed by atoms with Gasteiger partial charge in [0.2, 0.25) is 5.88 Å². The van der Waals surface area contributed by atoms with Gasteiger partial charge in [-0.2, -0.15) is 5.26 Å². The normalized spacial score (nSPS) is 16.9. The third-order valence-electron chi connectivity index (χ3n) is 4.15. The SMILES string of the molecule is CCOC(=O)C1=C(C)OC(N)=C(C#N)C1c1cc(=O)oc2ccc(Cl)cc12. The highest BCUT2D eigenvalue weighted by molar-refractivity contribution is 6.31. The van der Waals surface area contributed by atoms with Crippen LogP contribution < -0.4 is 11.4 Å². The quantitative estimate of drug-likeness (QED) is 0.636. The van der Waals surface area contributed by atoms with Crippen LogP contribution in [0, 0.1) is 11.3 Å². The van der Waals surface area contributed by atoms with Gasteiger partial charge in [-0.1, -0.05) is 11.6 Å². The first-order valence-corrected chi connectivity index (χ1v) is 8.44. The van der Waals surface area contributed by atoms with Crippen LogP contribution in [0.15, 0.2) is 56.3 Å². The number of carbonyl (C=O) groups excluding carboxylic acids is 1. The molecule has 27 heavy (non-hydrogen) atoms. The van der Waals surface area contributed by atoms with Crippen LogP contribution in [0.2, 0.25) is 5.02 Å². The van der Waals surface area contributed by atoms with Crippen molar-refractivity contribution in [2.75, 3.05) is 6.61 Å². The number of carbonyl (C=O) groups is 1. The molecule has 7 nitrogen and oxygen atoms in total. The number of nitrogens with two attached hydrogens (primary N) is 1. The Morgan fingerprint density at radius 2 is 2.15 bits per heavy atom. The molecule has 1 aromatic heterocycles. The number of benzene rings is 1. The molecule has 0 fully saturated rings. The van der Waals surface area contributed by atoms with Crippen molar-refractivity contribution in [3.63, 3.8) is 0 Å². The van der Waals surface area contributed by atoms with Gasteiger partial charge in [0, 0.05) is 16.5 Å². The first kappa shape index (κ1) is 18.5. The summed E-state index contributed by atoms with van der Waals surface area (Å²) in [6.45, 7) is 3.34. The summed E-state index contributed by atoms with van der Waals surface area (Å²) in [7, 11) is 0. The zero-order chi connectivity index (χ0) is 19.7. The first-order chi connectivity index (χ1) is 12.9. The maximum atomic E-state index is 12.6. The van der Waals surface area contributed by atoms with Crippen LogP contribution in [-0.2, 0) is 14.3 Å². The molecule has 1 atom stereocenters. The third kappa shape index (κ3) is 3.27. The second-order valence-corrected chi connectivity index (χ2v) is 6.21. The van der Waals surface area contributed by atoms with Gasteiger partial charge in [-0.25, -0.2) is 9.59 Å². The monoisotopic (exact) mass is 386 g/mol. The van der Waals surface area contributed by atoms with Crippen LogP contribution in [0.1, 0.15) is 25.3 Å². The lowest BCUT2D eigenvalue weighted by Crippen LogP contribution is -2.26. The molecule has 1 unspecified atom stereocenters. The molecule has 0 saturated carbocycles. The Morgan fingerprint density at radius 3 is 2.81 bits per heavy atom. The molecule has 0 spiro atoms. The number of hydrogen-bond donors (Lipinski definition) is 1. The topological polar surface area (TPSA) is 116 Å². The van der Waals surface area contributed by atoms with Gasteiger partial charge < -0.3 is 19.6 Å². The second kappa shape index (κ2) is 7.17. The minimum atomic E-state index is -0.951. The summed E-state index contributed by atoms with van der Waals surface area (Å²) < 4.78 is 15.7. The van der Waals surface area contributed by atoms with Crippen molar-refractivity contribution < 1.29 is 18.7 Å². The molecule has 0 bridgehead atoms. The third-order valence-corrected chi connectivity index (χ3v) is 4.38. The van der Waals surface area contributed by atoms with Crippen molar-refractivity contribution >= 4 is 28.5 Å². The van der Waals surface area contributed by atoms with Gasteiger partial charge in [-0.3, -0.25) is 0 Å². The lowest BCUT2D eigenvalue weighted by molar-refractivity contribution is -0.139. The summed E-state index contributed by atoms with van der Waals surface area (Å²) in [5.41, 5.74) is 5.95. The van der Waals surface area contributed by atoms with E-state index in [0.29, 0.717) is 16.0 Å². The molecule has 0 aliphatic carbocycles. The van der Waals surface area contributed by atoms with E-state index in [4.69, 9.17) is 31.2 Å². The Hall–Kier alpha value is -3.24. The molecule has 3 rings (SSSR count). The van der Waals surface area contributed by atoms with E-state index in [1.54, 1.807) is 32.0 Å². The summed E-state index contributed by atoms with van der Waals surface area (Å²) >= 11 is 6.10. The fourth-order valence-corrected chi connectivity index (χ4v) is 3.24. The molecule has 8 heteroatoms. The zero-order valence-corrected chi connectivity index (χ0v) is 15.3. The Kier molecular flexibility index (Phi) is 4.93. The Morgan fingerprint density at radius 1 is 1.41 bits per heavy atom. The number of allylic oxidation sites excluding steroid dienone is 2. The highest BCUT2D eigenvalue weighted by Gasteiger charge is 2.37. The first-order valence-electron chi connectivity index (χ1n) is 8.06. The van der Waals surface area contributed by atoms with Gasteiger partial charge in [0.15, 0.2) is 0 Å². The summed E-state index contributed by atoms with van der Waals surface area (Å²) in [6, 6.07) is 7.89. The number of rotatable bonds is 3. The number of nitrogens with zero attached hydrogens (tertiary/aromatic N) is 1. The van der Waals surface area contributed by atoms with Crippen molar-refractivity contribution in [2.45, 2.75) is 19.8 Å². The van der Waals surface area contributed by atoms with Crippen molar-refractivity contribution in [1.82, 2.24) is 0 Å².